The van der Waals surface area contributed by atoms with E-state index in [0.29, 0.717) is 5.75 Å². The van der Waals surface area contributed by atoms with E-state index in [9.17, 15) is 4.79 Å². The van der Waals surface area contributed by atoms with E-state index in [1.807, 2.05) is 31.2 Å². The minimum Gasteiger partial charge on any atom is -0.423 e. The van der Waals surface area contributed by atoms with E-state index in [4.69, 9.17) is 4.74 Å². The lowest BCUT2D eigenvalue weighted by Crippen LogP contribution is -2.03. The lowest BCUT2D eigenvalue weighted by atomic mass is 10.2. The Morgan fingerprint density at radius 2 is 1.90 bits per heavy atom. The largest absolute Gasteiger partial charge is 0.423 e. The number of carbonyl (C=O) groups is 1. The molecule has 0 aliphatic rings. The Bertz CT molecular complexity index is 594. The third-order valence-electron chi connectivity index (χ3n) is 2.86. The fourth-order valence-corrected chi connectivity index (χ4v) is 2.73. The number of allylic oxidation sites excluding steroid dienone is 1. The molecule has 1 aromatic heterocycles. The molecule has 1 heterocycles. The highest BCUT2D eigenvalue weighted by atomic mass is 32.1. The highest BCUT2D eigenvalue weighted by Crippen LogP contribution is 2.29. The van der Waals surface area contributed by atoms with Crippen molar-refractivity contribution in [3.63, 3.8) is 0 Å². The fourth-order valence-electron chi connectivity index (χ4n) is 1.77. The Kier molecular flexibility index (Phi) is 5.13. The number of aryl methyl sites for hydroxylation is 1. The predicted molar refractivity (Wildman–Crippen MR) is 84.2 cm³/mol. The van der Waals surface area contributed by atoms with E-state index in [2.05, 4.69) is 19.1 Å². The lowest BCUT2D eigenvalue weighted by Gasteiger charge is -2.02. The summed E-state index contributed by atoms with van der Waals surface area (Å²) in [6, 6.07) is 11.9. The zero-order chi connectivity index (χ0) is 14.4. The van der Waals surface area contributed by atoms with Crippen molar-refractivity contribution in [2.24, 2.45) is 0 Å². The van der Waals surface area contributed by atoms with Gasteiger partial charge in [-0.1, -0.05) is 19.9 Å². The summed E-state index contributed by atoms with van der Waals surface area (Å²) in [5.41, 5.74) is 1.15. The first kappa shape index (κ1) is 14.5. The van der Waals surface area contributed by atoms with Gasteiger partial charge in [-0.05, 0) is 54.8 Å². The van der Waals surface area contributed by atoms with Crippen LogP contribution in [0.4, 0.5) is 0 Å². The second kappa shape index (κ2) is 7.06. The second-order valence-corrected chi connectivity index (χ2v) is 5.54. The average molecular weight is 286 g/mol. The number of carbonyl (C=O) groups excluding carboxylic acids is 1. The van der Waals surface area contributed by atoms with Gasteiger partial charge in [0, 0.05) is 15.8 Å². The van der Waals surface area contributed by atoms with E-state index >= 15 is 0 Å². The molecule has 2 rings (SSSR count). The maximum Gasteiger partial charge on any atom is 0.335 e. The molecule has 0 aliphatic heterocycles. The maximum absolute atomic E-state index is 11.5. The average Bonchev–Trinajstić information content (AvgIpc) is 2.95. The molecule has 0 saturated heterocycles. The smallest absolute Gasteiger partial charge is 0.335 e. The van der Waals surface area contributed by atoms with Gasteiger partial charge in [0.05, 0.1) is 0 Å². The van der Waals surface area contributed by atoms with Crippen molar-refractivity contribution in [3.05, 3.63) is 53.4 Å². The molecule has 0 amide bonds. The van der Waals surface area contributed by atoms with Gasteiger partial charge in [0.15, 0.2) is 0 Å². The van der Waals surface area contributed by atoms with Crippen LogP contribution in [0.2, 0.25) is 0 Å². The van der Waals surface area contributed by atoms with Gasteiger partial charge in [0.2, 0.25) is 0 Å². The van der Waals surface area contributed by atoms with Crippen LogP contribution in [-0.2, 0) is 11.2 Å². The molecule has 0 saturated carbocycles. The van der Waals surface area contributed by atoms with Gasteiger partial charge in [-0.15, -0.1) is 11.3 Å². The molecular formula is C17H18O2S. The summed E-state index contributed by atoms with van der Waals surface area (Å²) in [6.45, 7) is 4.13. The van der Waals surface area contributed by atoms with Gasteiger partial charge in [-0.2, -0.15) is 0 Å². The Labute approximate surface area is 123 Å². The van der Waals surface area contributed by atoms with Crippen LogP contribution in [0, 0.1) is 0 Å². The van der Waals surface area contributed by atoms with Crippen LogP contribution in [0.25, 0.3) is 10.4 Å². The lowest BCUT2D eigenvalue weighted by molar-refractivity contribution is -0.129. The van der Waals surface area contributed by atoms with E-state index in [1.54, 1.807) is 17.4 Å². The number of rotatable bonds is 5. The Morgan fingerprint density at radius 3 is 2.50 bits per heavy atom. The van der Waals surface area contributed by atoms with E-state index in [1.165, 1.54) is 15.8 Å². The monoisotopic (exact) mass is 286 g/mol. The number of hydrogen-bond acceptors (Lipinski definition) is 3. The van der Waals surface area contributed by atoms with Crippen molar-refractivity contribution in [1.29, 1.82) is 0 Å². The molecule has 104 valence electrons. The Hall–Kier alpha value is -1.87. The molecule has 0 fully saturated rings. The summed E-state index contributed by atoms with van der Waals surface area (Å²) >= 11 is 1.80. The van der Waals surface area contributed by atoms with Gasteiger partial charge < -0.3 is 4.74 Å². The van der Waals surface area contributed by atoms with Gasteiger partial charge in [0.1, 0.15) is 5.75 Å². The molecule has 0 radical (unpaired) electrons. The quantitative estimate of drug-likeness (QED) is 0.446. The molecule has 20 heavy (non-hydrogen) atoms. The number of thiophene rings is 1. The van der Waals surface area contributed by atoms with Crippen LogP contribution >= 0.6 is 11.3 Å². The zero-order valence-corrected chi connectivity index (χ0v) is 12.6. The van der Waals surface area contributed by atoms with E-state index in [-0.39, 0.29) is 5.97 Å². The van der Waals surface area contributed by atoms with Gasteiger partial charge in [-0.3, -0.25) is 0 Å². The minimum absolute atomic E-state index is 0.330. The molecular weight excluding hydrogens is 268 g/mol. The number of ether oxygens (including phenoxy) is 1. The fraction of sp³-hybridized carbons (Fsp3) is 0.235. The van der Waals surface area contributed by atoms with Gasteiger partial charge in [-0.25, -0.2) is 4.79 Å². The second-order valence-electron chi connectivity index (χ2n) is 4.38. The van der Waals surface area contributed by atoms with Crippen LogP contribution in [0.15, 0.2) is 48.6 Å². The summed E-state index contributed by atoms with van der Waals surface area (Å²) in [5, 5.41) is 0. The summed E-state index contributed by atoms with van der Waals surface area (Å²) < 4.78 is 5.21. The van der Waals surface area contributed by atoms with Crippen molar-refractivity contribution in [1.82, 2.24) is 0 Å². The molecule has 3 heteroatoms. The first-order chi connectivity index (χ1) is 9.72. The highest BCUT2D eigenvalue weighted by molar-refractivity contribution is 7.15. The summed E-state index contributed by atoms with van der Waals surface area (Å²) in [5.74, 6) is 0.246. The molecule has 1 aromatic carbocycles. The summed E-state index contributed by atoms with van der Waals surface area (Å²) in [7, 11) is 0. The van der Waals surface area contributed by atoms with Crippen LogP contribution in [0.1, 0.15) is 25.1 Å². The van der Waals surface area contributed by atoms with Gasteiger partial charge >= 0.3 is 5.97 Å². The molecule has 0 unspecified atom stereocenters. The van der Waals surface area contributed by atoms with Gasteiger partial charge in [0.25, 0.3) is 0 Å². The third-order valence-corrected chi connectivity index (χ3v) is 4.14. The van der Waals surface area contributed by atoms with Crippen molar-refractivity contribution >= 4 is 17.3 Å². The zero-order valence-electron chi connectivity index (χ0n) is 11.8. The minimum atomic E-state index is -0.330. The normalized spacial score (nSPS) is 10.9. The molecule has 2 aromatic rings. The van der Waals surface area contributed by atoms with Crippen molar-refractivity contribution in [2.45, 2.75) is 26.7 Å². The van der Waals surface area contributed by atoms with Crippen LogP contribution in [0.5, 0.6) is 5.75 Å². The predicted octanol–water partition coefficient (Wildman–Crippen LogP) is 4.85. The van der Waals surface area contributed by atoms with Crippen LogP contribution < -0.4 is 4.74 Å². The molecule has 0 spiro atoms. The van der Waals surface area contributed by atoms with E-state index < -0.39 is 0 Å². The highest BCUT2D eigenvalue weighted by Gasteiger charge is 2.04. The standard InChI is InChI=1S/C17H18O2S/c1-3-5-6-17(18)19-14-9-7-13(8-10-14)16-12-11-15(4-2)20-16/h5-12H,3-4H2,1-2H3/b6-5+. The third kappa shape index (κ3) is 3.81. The van der Waals surface area contributed by atoms with Crippen LogP contribution in [-0.4, -0.2) is 5.97 Å². The maximum atomic E-state index is 11.5. The molecule has 0 N–H and O–H groups in total. The van der Waals surface area contributed by atoms with Crippen molar-refractivity contribution in [3.8, 4) is 16.2 Å². The van der Waals surface area contributed by atoms with Crippen LogP contribution in [0.3, 0.4) is 0 Å². The number of esters is 1. The Balaban J connectivity index is 2.06. The summed E-state index contributed by atoms with van der Waals surface area (Å²) in [6.07, 6.45) is 5.13. The molecule has 0 atom stereocenters. The topological polar surface area (TPSA) is 26.3 Å². The van der Waals surface area contributed by atoms with Crippen molar-refractivity contribution in [2.75, 3.05) is 0 Å². The van der Waals surface area contributed by atoms with Crippen molar-refractivity contribution < 1.29 is 9.53 Å². The SMILES string of the molecule is CC/C=C/C(=O)Oc1ccc(-c2ccc(CC)s2)cc1. The molecule has 2 nitrogen and oxygen atoms in total. The molecule has 0 aliphatic carbocycles. The number of benzene rings is 1. The number of hydrogen-bond donors (Lipinski definition) is 0. The summed E-state index contributed by atoms with van der Waals surface area (Å²) in [4.78, 5) is 14.1. The Morgan fingerprint density at radius 1 is 1.15 bits per heavy atom. The first-order valence-electron chi connectivity index (χ1n) is 6.80. The molecule has 0 bridgehead atoms. The first-order valence-corrected chi connectivity index (χ1v) is 7.62. The van der Waals surface area contributed by atoms with E-state index in [0.717, 1.165) is 18.4 Å².